The molecule has 0 saturated carbocycles. The summed E-state index contributed by atoms with van der Waals surface area (Å²) in [5.74, 6) is -0.157. The highest BCUT2D eigenvalue weighted by molar-refractivity contribution is 7.10. The maximum Gasteiger partial charge on any atom is 0.236 e. The van der Waals surface area contributed by atoms with Gasteiger partial charge in [0, 0.05) is 40.1 Å². The first-order valence-electron chi connectivity index (χ1n) is 11.1. The van der Waals surface area contributed by atoms with Gasteiger partial charge in [-0.15, -0.1) is 11.3 Å². The van der Waals surface area contributed by atoms with Crippen molar-refractivity contribution < 1.29 is 9.21 Å². The van der Waals surface area contributed by atoms with E-state index in [1.165, 1.54) is 4.90 Å². The molecule has 1 N–H and O–H groups in total. The predicted molar refractivity (Wildman–Crippen MR) is 134 cm³/mol. The Balaban J connectivity index is 1.46. The van der Waals surface area contributed by atoms with Crippen LogP contribution in [0.5, 0.6) is 0 Å². The number of nitrogens with one attached hydrogen (secondary N) is 1. The summed E-state index contributed by atoms with van der Waals surface area (Å²) in [6, 6.07) is 17.8. The van der Waals surface area contributed by atoms with Gasteiger partial charge in [-0.1, -0.05) is 25.1 Å². The Morgan fingerprint density at radius 1 is 1.15 bits per heavy atom. The average Bonchev–Trinajstić information content (AvgIpc) is 3.52. The number of carbonyl (C=O) groups excluding carboxylic acids is 1. The van der Waals surface area contributed by atoms with Gasteiger partial charge >= 0.3 is 0 Å². The quantitative estimate of drug-likeness (QED) is 0.354. The minimum absolute atomic E-state index is 0.0676. The van der Waals surface area contributed by atoms with Crippen molar-refractivity contribution >= 4 is 45.1 Å². The summed E-state index contributed by atoms with van der Waals surface area (Å²) >= 11 is 1.61. The highest BCUT2D eigenvalue weighted by atomic mass is 32.1. The lowest BCUT2D eigenvalue weighted by molar-refractivity contribution is -0.131. The van der Waals surface area contributed by atoms with Gasteiger partial charge in [0.15, 0.2) is 0 Å². The van der Waals surface area contributed by atoms with Crippen LogP contribution in [0.4, 0.5) is 0 Å². The summed E-state index contributed by atoms with van der Waals surface area (Å²) in [6.45, 7) is 2.10. The number of aromatic nitrogens is 2. The number of likely N-dealkylation sites (N-methyl/N-ethyl adjacent to an activating group) is 1. The van der Waals surface area contributed by atoms with Crippen molar-refractivity contribution in [3.8, 4) is 11.3 Å². The fourth-order valence-electron chi connectivity index (χ4n) is 4.94. The average molecular weight is 467 g/mol. The Kier molecular flexibility index (Phi) is 4.64. The van der Waals surface area contributed by atoms with E-state index < -0.39 is 11.3 Å². The first kappa shape index (κ1) is 20.7. The molecule has 1 aliphatic heterocycles. The molecule has 4 heterocycles. The first-order valence-corrected chi connectivity index (χ1v) is 12.0. The summed E-state index contributed by atoms with van der Waals surface area (Å²) in [5.41, 5.74) is 4.64. The van der Waals surface area contributed by atoms with Gasteiger partial charge in [0.1, 0.15) is 11.4 Å². The number of amidine groups is 1. The normalized spacial score (nSPS) is 21.0. The number of hydrogen-bond donors (Lipinski definition) is 1. The van der Waals surface area contributed by atoms with Gasteiger partial charge in [-0.2, -0.15) is 0 Å². The largest absolute Gasteiger partial charge is 0.464 e. The highest BCUT2D eigenvalue weighted by Crippen LogP contribution is 2.49. The number of nitrogens with zero attached hydrogens (tertiary/aromatic N) is 3. The maximum absolute atomic E-state index is 13.6. The number of rotatable bonds is 3. The van der Waals surface area contributed by atoms with Crippen molar-refractivity contribution in [3.05, 3.63) is 82.9 Å². The van der Waals surface area contributed by atoms with Crippen molar-refractivity contribution in [2.75, 3.05) is 7.05 Å². The Hall–Kier alpha value is -3.84. The van der Waals surface area contributed by atoms with Crippen LogP contribution in [0.25, 0.3) is 33.3 Å². The van der Waals surface area contributed by atoms with E-state index in [-0.39, 0.29) is 5.91 Å². The lowest BCUT2D eigenvalue weighted by atomic mass is 9.67. The molecule has 1 fully saturated rings. The molecule has 0 aliphatic carbocycles. The molecule has 1 amide bonds. The molecule has 6 nitrogen and oxygen atoms in total. The van der Waals surface area contributed by atoms with Gasteiger partial charge in [-0.25, -0.2) is 4.98 Å². The van der Waals surface area contributed by atoms with Crippen molar-refractivity contribution in [1.29, 1.82) is 5.41 Å². The van der Waals surface area contributed by atoms with E-state index in [1.807, 2.05) is 48.5 Å². The fraction of sp³-hybridized carbons (Fsp3) is 0.185. The van der Waals surface area contributed by atoms with Crippen molar-refractivity contribution in [2.24, 2.45) is 0 Å². The predicted octanol–water partition coefficient (Wildman–Crippen LogP) is 5.99. The van der Waals surface area contributed by atoms with E-state index in [4.69, 9.17) is 14.8 Å². The van der Waals surface area contributed by atoms with Crippen molar-refractivity contribution in [2.45, 2.75) is 24.7 Å². The van der Waals surface area contributed by atoms with Crippen LogP contribution in [-0.4, -0.2) is 33.7 Å². The molecule has 0 radical (unpaired) electrons. The zero-order valence-corrected chi connectivity index (χ0v) is 19.6. The third kappa shape index (κ3) is 3.15. The minimum atomic E-state index is -0.564. The molecule has 168 valence electrons. The van der Waals surface area contributed by atoms with Crippen LogP contribution in [0, 0.1) is 5.41 Å². The lowest BCUT2D eigenvalue weighted by Crippen LogP contribution is -2.51. The minimum Gasteiger partial charge on any atom is -0.464 e. The number of piperidine rings is 1. The maximum atomic E-state index is 13.6. The number of carbonyl (C=O) groups is 1. The Morgan fingerprint density at radius 3 is 2.82 bits per heavy atom. The van der Waals surface area contributed by atoms with E-state index in [2.05, 4.69) is 23.4 Å². The van der Waals surface area contributed by atoms with E-state index in [0.717, 1.165) is 43.7 Å². The van der Waals surface area contributed by atoms with Crippen LogP contribution in [0.2, 0.25) is 0 Å². The zero-order valence-electron chi connectivity index (χ0n) is 18.8. The highest BCUT2D eigenvalue weighted by Gasteiger charge is 2.49. The SMILES string of the molecule is CN1C(=N)C[C@](C)(c2cc(-c3cnc4ccccc4n3)cs2)C(c2ccc3occc3c2)C1=O. The summed E-state index contributed by atoms with van der Waals surface area (Å²) in [4.78, 5) is 25.5. The second-order valence-corrected chi connectivity index (χ2v) is 9.94. The summed E-state index contributed by atoms with van der Waals surface area (Å²) in [5, 5.41) is 11.6. The molecule has 0 spiro atoms. The van der Waals surface area contributed by atoms with E-state index >= 15 is 0 Å². The third-order valence-corrected chi connectivity index (χ3v) is 8.08. The van der Waals surface area contributed by atoms with Crippen LogP contribution in [0.1, 0.15) is 29.7 Å². The van der Waals surface area contributed by atoms with Crippen molar-refractivity contribution in [3.63, 3.8) is 0 Å². The Bertz CT molecular complexity index is 1590. The molecule has 3 aromatic heterocycles. The van der Waals surface area contributed by atoms with E-state index in [0.29, 0.717) is 12.3 Å². The van der Waals surface area contributed by atoms with Crippen LogP contribution >= 0.6 is 11.3 Å². The molecule has 1 unspecified atom stereocenters. The molecule has 5 aromatic rings. The topological polar surface area (TPSA) is 83.1 Å². The van der Waals surface area contributed by atoms with E-state index in [1.54, 1.807) is 30.8 Å². The van der Waals surface area contributed by atoms with Gasteiger partial charge in [0.05, 0.1) is 35.1 Å². The monoisotopic (exact) mass is 466 g/mol. The number of hydrogen-bond acceptors (Lipinski definition) is 6. The van der Waals surface area contributed by atoms with Crippen LogP contribution in [0.15, 0.2) is 76.9 Å². The molecule has 7 heteroatoms. The number of benzene rings is 2. The standard InChI is InChI=1S/C27H22N4O2S/c1-27(23-12-18(15-34-23)21-14-29-19-5-3-4-6-20(19)30-21)13-24(28)31(2)26(32)25(27)17-7-8-22-16(11-17)9-10-33-22/h3-12,14-15,25,28H,13H2,1-2H3/t25?,27-/m1/s1. The van der Waals surface area contributed by atoms with Crippen LogP contribution < -0.4 is 0 Å². The zero-order chi connectivity index (χ0) is 23.4. The smallest absolute Gasteiger partial charge is 0.236 e. The van der Waals surface area contributed by atoms with E-state index in [9.17, 15) is 4.79 Å². The van der Waals surface area contributed by atoms with Gasteiger partial charge in [0.25, 0.3) is 0 Å². The molecular formula is C27H22N4O2S. The summed E-state index contributed by atoms with van der Waals surface area (Å²) in [6.07, 6.45) is 3.92. The molecule has 2 aromatic carbocycles. The van der Waals surface area contributed by atoms with Gasteiger partial charge < -0.3 is 9.32 Å². The van der Waals surface area contributed by atoms with Crippen molar-refractivity contribution in [1.82, 2.24) is 14.9 Å². The Morgan fingerprint density at radius 2 is 1.97 bits per heavy atom. The van der Waals surface area contributed by atoms with Gasteiger partial charge in [0.2, 0.25) is 5.91 Å². The third-order valence-electron chi connectivity index (χ3n) is 6.87. The Labute approximate surface area is 200 Å². The molecule has 1 aliphatic rings. The number of amides is 1. The molecule has 6 rings (SSSR count). The summed E-state index contributed by atoms with van der Waals surface area (Å²) in [7, 11) is 1.69. The number of fused-ring (bicyclic) bond motifs is 2. The molecule has 34 heavy (non-hydrogen) atoms. The second-order valence-electron chi connectivity index (χ2n) is 9.03. The van der Waals surface area contributed by atoms with Crippen LogP contribution in [-0.2, 0) is 10.2 Å². The number of thiophene rings is 1. The molecule has 0 bridgehead atoms. The van der Waals surface area contributed by atoms with Gasteiger partial charge in [-0.05, 0) is 42.0 Å². The number of furan rings is 1. The molecule has 1 saturated heterocycles. The first-order chi connectivity index (χ1) is 16.4. The van der Waals surface area contributed by atoms with Crippen LogP contribution in [0.3, 0.4) is 0 Å². The number of likely N-dealkylation sites (tertiary alicyclic amines) is 1. The molecule has 2 atom stereocenters. The second kappa shape index (κ2) is 7.60. The van der Waals surface area contributed by atoms with Gasteiger partial charge in [-0.3, -0.25) is 15.2 Å². The number of para-hydroxylation sites is 2. The fourth-order valence-corrected chi connectivity index (χ4v) is 6.04. The summed E-state index contributed by atoms with van der Waals surface area (Å²) < 4.78 is 5.50. The molecular weight excluding hydrogens is 444 g/mol. The lowest BCUT2D eigenvalue weighted by Gasteiger charge is -2.44.